The largest absolute Gasteiger partial charge is 0.435 e. The molecule has 27 heavy (non-hydrogen) atoms. The maximum Gasteiger partial charge on any atom is 0.387 e. The zero-order valence-electron chi connectivity index (χ0n) is 14.8. The van der Waals surface area contributed by atoms with Crippen LogP contribution in [0.2, 0.25) is 0 Å². The van der Waals surface area contributed by atoms with Crippen LogP contribution in [0.1, 0.15) is 18.1 Å². The summed E-state index contributed by atoms with van der Waals surface area (Å²) in [6, 6.07) is 10.6. The minimum absolute atomic E-state index is 0.0414. The fourth-order valence-electron chi connectivity index (χ4n) is 2.42. The van der Waals surface area contributed by atoms with E-state index in [-0.39, 0.29) is 23.1 Å². The number of sulfonamides is 1. The highest BCUT2D eigenvalue weighted by atomic mass is 32.2. The number of amides is 1. The van der Waals surface area contributed by atoms with Crippen LogP contribution in [0.25, 0.3) is 0 Å². The van der Waals surface area contributed by atoms with Crippen LogP contribution < -0.4 is 14.8 Å². The molecule has 0 saturated heterocycles. The van der Waals surface area contributed by atoms with Crippen LogP contribution in [0.3, 0.4) is 0 Å². The molecule has 0 aliphatic heterocycles. The minimum Gasteiger partial charge on any atom is -0.435 e. The zero-order chi connectivity index (χ0) is 20.0. The second-order valence-electron chi connectivity index (χ2n) is 5.83. The lowest BCUT2D eigenvalue weighted by Gasteiger charge is -2.12. The van der Waals surface area contributed by atoms with Crippen molar-refractivity contribution in [1.82, 2.24) is 4.72 Å². The van der Waals surface area contributed by atoms with Crippen LogP contribution in [0.4, 0.5) is 14.5 Å². The first-order valence-corrected chi connectivity index (χ1v) is 9.57. The van der Waals surface area contributed by atoms with E-state index in [0.717, 1.165) is 5.56 Å². The SMILES string of the molecule is CC(=O)Nc1ccc(C)c(S(=O)(=O)NCCc2ccc(OC(F)F)cc2)c1. The Kier molecular flexibility index (Phi) is 6.86. The van der Waals surface area contributed by atoms with Gasteiger partial charge in [0.2, 0.25) is 15.9 Å². The minimum atomic E-state index is -3.77. The van der Waals surface area contributed by atoms with Crippen molar-refractivity contribution in [3.05, 3.63) is 53.6 Å². The van der Waals surface area contributed by atoms with Crippen LogP contribution in [-0.4, -0.2) is 27.5 Å². The number of ether oxygens (including phenoxy) is 1. The standard InChI is InChI=1S/C18H20F2N2O4S/c1-12-3-6-15(22-13(2)23)11-17(12)27(24,25)21-10-9-14-4-7-16(8-5-14)26-18(19)20/h3-8,11,18,21H,9-10H2,1-2H3,(H,22,23). The summed E-state index contributed by atoms with van der Waals surface area (Å²) in [5.41, 5.74) is 1.70. The molecule has 0 bridgehead atoms. The third kappa shape index (κ3) is 6.30. The number of hydrogen-bond donors (Lipinski definition) is 2. The lowest BCUT2D eigenvalue weighted by Crippen LogP contribution is -2.26. The van der Waals surface area contributed by atoms with Gasteiger partial charge < -0.3 is 10.1 Å². The quantitative estimate of drug-likeness (QED) is 0.716. The number of nitrogens with one attached hydrogen (secondary N) is 2. The molecule has 2 aromatic rings. The third-order valence-electron chi connectivity index (χ3n) is 3.65. The summed E-state index contributed by atoms with van der Waals surface area (Å²) in [6.45, 7) is 0.234. The maximum atomic E-state index is 12.5. The van der Waals surface area contributed by atoms with E-state index >= 15 is 0 Å². The summed E-state index contributed by atoms with van der Waals surface area (Å²) in [5.74, 6) is -0.255. The van der Waals surface area contributed by atoms with Crippen molar-refractivity contribution in [3.8, 4) is 5.75 Å². The molecule has 146 valence electrons. The van der Waals surface area contributed by atoms with E-state index in [1.54, 1.807) is 31.2 Å². The van der Waals surface area contributed by atoms with E-state index in [1.165, 1.54) is 25.1 Å². The lowest BCUT2D eigenvalue weighted by molar-refractivity contribution is -0.114. The fourth-order valence-corrected chi connectivity index (χ4v) is 3.72. The zero-order valence-corrected chi connectivity index (χ0v) is 15.6. The van der Waals surface area contributed by atoms with Gasteiger partial charge in [0.1, 0.15) is 5.75 Å². The molecule has 0 fully saturated rings. The summed E-state index contributed by atoms with van der Waals surface area (Å²) in [5, 5.41) is 2.55. The molecule has 2 N–H and O–H groups in total. The summed E-state index contributed by atoms with van der Waals surface area (Å²) in [4.78, 5) is 11.2. The first-order valence-electron chi connectivity index (χ1n) is 8.09. The number of anilines is 1. The molecule has 0 radical (unpaired) electrons. The molecule has 0 spiro atoms. The Labute approximate surface area is 156 Å². The molecule has 9 heteroatoms. The molecule has 0 aliphatic carbocycles. The van der Waals surface area contributed by atoms with Gasteiger partial charge in [-0.2, -0.15) is 8.78 Å². The van der Waals surface area contributed by atoms with Gasteiger partial charge in [0, 0.05) is 19.2 Å². The van der Waals surface area contributed by atoms with Crippen LogP contribution in [0, 0.1) is 6.92 Å². The fraction of sp³-hybridized carbons (Fsp3) is 0.278. The smallest absolute Gasteiger partial charge is 0.387 e. The van der Waals surface area contributed by atoms with Crippen molar-refractivity contribution in [2.24, 2.45) is 0 Å². The van der Waals surface area contributed by atoms with E-state index in [4.69, 9.17) is 0 Å². The average Bonchev–Trinajstić information content (AvgIpc) is 2.57. The van der Waals surface area contributed by atoms with Gasteiger partial charge in [0.05, 0.1) is 4.90 Å². The molecule has 6 nitrogen and oxygen atoms in total. The van der Waals surface area contributed by atoms with Gasteiger partial charge in [-0.15, -0.1) is 0 Å². The van der Waals surface area contributed by atoms with Crippen LogP contribution >= 0.6 is 0 Å². The maximum absolute atomic E-state index is 12.5. The molecule has 0 atom stereocenters. The molecule has 0 saturated carbocycles. The van der Waals surface area contributed by atoms with Gasteiger partial charge in [-0.05, 0) is 48.7 Å². The molecule has 0 aromatic heterocycles. The molecule has 2 aromatic carbocycles. The Morgan fingerprint density at radius 1 is 1.15 bits per heavy atom. The number of carbonyl (C=O) groups excluding carboxylic acids is 1. The Hall–Kier alpha value is -2.52. The molecule has 0 unspecified atom stereocenters. The first-order chi connectivity index (χ1) is 12.7. The monoisotopic (exact) mass is 398 g/mol. The molecule has 1 amide bonds. The van der Waals surface area contributed by atoms with Gasteiger partial charge in [-0.1, -0.05) is 18.2 Å². The highest BCUT2D eigenvalue weighted by Gasteiger charge is 2.17. The van der Waals surface area contributed by atoms with Crippen LogP contribution in [0.5, 0.6) is 5.75 Å². The normalized spacial score (nSPS) is 11.4. The van der Waals surface area contributed by atoms with E-state index in [0.29, 0.717) is 17.7 Å². The number of carbonyl (C=O) groups is 1. The van der Waals surface area contributed by atoms with E-state index < -0.39 is 16.6 Å². The van der Waals surface area contributed by atoms with Crippen molar-refractivity contribution in [2.45, 2.75) is 31.8 Å². The highest BCUT2D eigenvalue weighted by molar-refractivity contribution is 7.89. The van der Waals surface area contributed by atoms with Crippen molar-refractivity contribution < 1.29 is 26.7 Å². The van der Waals surface area contributed by atoms with Crippen molar-refractivity contribution in [3.63, 3.8) is 0 Å². The van der Waals surface area contributed by atoms with E-state index in [1.807, 2.05) is 0 Å². The topological polar surface area (TPSA) is 84.5 Å². The van der Waals surface area contributed by atoms with Gasteiger partial charge in [0.25, 0.3) is 0 Å². The van der Waals surface area contributed by atoms with Crippen molar-refractivity contribution in [1.29, 1.82) is 0 Å². The molecule has 2 rings (SSSR count). The van der Waals surface area contributed by atoms with Crippen molar-refractivity contribution >= 4 is 21.6 Å². The average molecular weight is 398 g/mol. The second-order valence-corrected chi connectivity index (χ2v) is 7.57. The van der Waals surface area contributed by atoms with Crippen LogP contribution in [0.15, 0.2) is 47.4 Å². The number of aryl methyl sites for hydroxylation is 1. The van der Waals surface area contributed by atoms with Gasteiger partial charge >= 0.3 is 6.61 Å². The molecule has 0 heterocycles. The number of alkyl halides is 2. The van der Waals surface area contributed by atoms with E-state index in [9.17, 15) is 22.0 Å². The number of rotatable bonds is 8. The predicted octanol–water partition coefficient (Wildman–Crippen LogP) is 3.08. The Morgan fingerprint density at radius 3 is 2.41 bits per heavy atom. The highest BCUT2D eigenvalue weighted by Crippen LogP contribution is 2.20. The van der Waals surface area contributed by atoms with Crippen LogP contribution in [-0.2, 0) is 21.2 Å². The summed E-state index contributed by atoms with van der Waals surface area (Å²) < 4.78 is 56.1. The van der Waals surface area contributed by atoms with Crippen molar-refractivity contribution in [2.75, 3.05) is 11.9 Å². The third-order valence-corrected chi connectivity index (χ3v) is 5.26. The Balaban J connectivity index is 2.01. The van der Waals surface area contributed by atoms with Gasteiger partial charge in [-0.25, -0.2) is 13.1 Å². The summed E-state index contributed by atoms with van der Waals surface area (Å²) in [6.07, 6.45) is 0.374. The number of hydrogen-bond acceptors (Lipinski definition) is 4. The Bertz CT molecular complexity index is 900. The second kappa shape index (κ2) is 8.92. The summed E-state index contributed by atoms with van der Waals surface area (Å²) >= 11 is 0. The predicted molar refractivity (Wildman–Crippen MR) is 97.4 cm³/mol. The van der Waals surface area contributed by atoms with Gasteiger partial charge in [-0.3, -0.25) is 4.79 Å². The number of halogens is 2. The van der Waals surface area contributed by atoms with Gasteiger partial charge in [0.15, 0.2) is 0 Å². The Morgan fingerprint density at radius 2 is 1.81 bits per heavy atom. The number of benzene rings is 2. The molecular weight excluding hydrogens is 378 g/mol. The molecular formula is C18H20F2N2O4S. The summed E-state index contributed by atoms with van der Waals surface area (Å²) in [7, 11) is -3.77. The first kappa shape index (κ1) is 20.8. The van der Waals surface area contributed by atoms with E-state index in [2.05, 4.69) is 14.8 Å². The lowest BCUT2D eigenvalue weighted by atomic mass is 10.1. The molecule has 0 aliphatic rings.